The molecule has 0 atom stereocenters. The Balaban J connectivity index is 2.04. The number of nitrogens with zero attached hydrogens (tertiary/aromatic N) is 1. The third kappa shape index (κ3) is 6.08. The van der Waals surface area contributed by atoms with E-state index < -0.39 is 17.7 Å². The number of amides is 1. The van der Waals surface area contributed by atoms with Gasteiger partial charge in [-0.3, -0.25) is 4.79 Å². The fourth-order valence-corrected chi connectivity index (χ4v) is 2.20. The van der Waals surface area contributed by atoms with Gasteiger partial charge in [0.15, 0.2) is 0 Å². The third-order valence-corrected chi connectivity index (χ3v) is 3.64. The summed E-state index contributed by atoms with van der Waals surface area (Å²) in [6, 6.07) is 13.4. The van der Waals surface area contributed by atoms with Crippen molar-refractivity contribution in [3.05, 3.63) is 71.0 Å². The van der Waals surface area contributed by atoms with Crippen LogP contribution in [0.1, 0.15) is 35.7 Å². The highest BCUT2D eigenvalue weighted by Crippen LogP contribution is 2.16. The maximum absolute atomic E-state index is 13.2. The number of halogens is 1. The smallest absolute Gasteiger partial charge is 0.343 e. The number of carbonyl (C=O) groups is 2. The molecular formula is C21H19FN2O3. The van der Waals surface area contributed by atoms with E-state index in [0.717, 1.165) is 18.9 Å². The molecule has 1 amide bonds. The van der Waals surface area contributed by atoms with Crippen LogP contribution in [0, 0.1) is 17.1 Å². The van der Waals surface area contributed by atoms with Gasteiger partial charge in [0.1, 0.15) is 23.2 Å². The number of benzene rings is 2. The van der Waals surface area contributed by atoms with Gasteiger partial charge in [-0.1, -0.05) is 31.5 Å². The highest BCUT2D eigenvalue weighted by atomic mass is 19.1. The number of esters is 1. The Morgan fingerprint density at radius 2 is 1.96 bits per heavy atom. The van der Waals surface area contributed by atoms with Gasteiger partial charge < -0.3 is 10.1 Å². The van der Waals surface area contributed by atoms with Gasteiger partial charge in [-0.15, -0.1) is 0 Å². The minimum Gasteiger partial charge on any atom is -0.423 e. The Labute approximate surface area is 157 Å². The third-order valence-electron chi connectivity index (χ3n) is 3.64. The number of unbranched alkanes of at least 4 members (excludes halogenated alkanes) is 1. The molecule has 0 aliphatic heterocycles. The number of ether oxygens (including phenoxy) is 1. The van der Waals surface area contributed by atoms with Crippen LogP contribution in [0.5, 0.6) is 5.75 Å². The second-order valence-electron chi connectivity index (χ2n) is 5.75. The lowest BCUT2D eigenvalue weighted by molar-refractivity contribution is -0.117. The molecule has 138 valence electrons. The van der Waals surface area contributed by atoms with E-state index in [2.05, 4.69) is 5.32 Å². The second kappa shape index (κ2) is 9.88. The molecule has 0 bridgehead atoms. The van der Waals surface area contributed by atoms with Crippen LogP contribution in [0.3, 0.4) is 0 Å². The number of nitriles is 1. The number of rotatable bonds is 7. The van der Waals surface area contributed by atoms with Gasteiger partial charge in [0.05, 0.1) is 5.56 Å². The van der Waals surface area contributed by atoms with Gasteiger partial charge in [0.2, 0.25) is 0 Å². The molecule has 0 aliphatic rings. The maximum Gasteiger partial charge on any atom is 0.343 e. The van der Waals surface area contributed by atoms with Crippen LogP contribution in [0.4, 0.5) is 4.39 Å². The summed E-state index contributed by atoms with van der Waals surface area (Å²) in [7, 11) is 0. The van der Waals surface area contributed by atoms with E-state index in [9.17, 15) is 14.0 Å². The predicted molar refractivity (Wildman–Crippen MR) is 99.3 cm³/mol. The molecule has 0 aromatic heterocycles. The van der Waals surface area contributed by atoms with E-state index in [1.807, 2.05) is 13.0 Å². The van der Waals surface area contributed by atoms with Gasteiger partial charge in [-0.05, 0) is 48.4 Å². The van der Waals surface area contributed by atoms with E-state index in [0.29, 0.717) is 12.1 Å². The Morgan fingerprint density at radius 1 is 1.22 bits per heavy atom. The molecule has 2 aromatic rings. The van der Waals surface area contributed by atoms with Crippen LogP contribution >= 0.6 is 0 Å². The first-order chi connectivity index (χ1) is 13.0. The van der Waals surface area contributed by atoms with Crippen LogP contribution in [0.2, 0.25) is 0 Å². The van der Waals surface area contributed by atoms with Crippen molar-refractivity contribution >= 4 is 18.0 Å². The van der Waals surface area contributed by atoms with Crippen molar-refractivity contribution in [2.24, 2.45) is 0 Å². The summed E-state index contributed by atoms with van der Waals surface area (Å²) in [6.45, 7) is 2.53. The van der Waals surface area contributed by atoms with Crippen molar-refractivity contribution in [3.63, 3.8) is 0 Å². The summed E-state index contributed by atoms with van der Waals surface area (Å²) in [5.41, 5.74) is 0.716. The van der Waals surface area contributed by atoms with Crippen molar-refractivity contribution in [1.82, 2.24) is 5.32 Å². The average Bonchev–Trinajstić information content (AvgIpc) is 2.67. The Morgan fingerprint density at radius 3 is 2.59 bits per heavy atom. The SMILES string of the molecule is CCCCNC(=O)/C(C#N)=C/c1ccc(OC(=O)c2cccc(F)c2)cc1. The minimum atomic E-state index is -0.675. The van der Waals surface area contributed by atoms with Crippen LogP contribution < -0.4 is 10.1 Å². The van der Waals surface area contributed by atoms with Crippen LogP contribution in [0.15, 0.2) is 54.1 Å². The molecule has 0 radical (unpaired) electrons. The molecule has 0 spiro atoms. The molecule has 5 nitrogen and oxygen atoms in total. The second-order valence-corrected chi connectivity index (χ2v) is 5.75. The molecule has 0 saturated carbocycles. The number of hydrogen-bond acceptors (Lipinski definition) is 4. The zero-order valence-electron chi connectivity index (χ0n) is 14.9. The Bertz CT molecular complexity index is 883. The monoisotopic (exact) mass is 366 g/mol. The van der Waals surface area contributed by atoms with E-state index in [-0.39, 0.29) is 16.9 Å². The molecule has 0 fully saturated rings. The first-order valence-corrected chi connectivity index (χ1v) is 8.51. The molecule has 2 aromatic carbocycles. The highest BCUT2D eigenvalue weighted by Gasteiger charge is 2.10. The zero-order valence-corrected chi connectivity index (χ0v) is 14.9. The Kier molecular flexibility index (Phi) is 7.26. The van der Waals surface area contributed by atoms with Crippen molar-refractivity contribution < 1.29 is 18.7 Å². The van der Waals surface area contributed by atoms with Crippen molar-refractivity contribution in [2.45, 2.75) is 19.8 Å². The summed E-state index contributed by atoms with van der Waals surface area (Å²) in [6.07, 6.45) is 3.25. The topological polar surface area (TPSA) is 79.2 Å². The van der Waals surface area contributed by atoms with Crippen molar-refractivity contribution in [3.8, 4) is 11.8 Å². The normalized spacial score (nSPS) is 10.8. The summed E-state index contributed by atoms with van der Waals surface area (Å²) in [5, 5.41) is 11.8. The molecule has 0 unspecified atom stereocenters. The fourth-order valence-electron chi connectivity index (χ4n) is 2.20. The van der Waals surface area contributed by atoms with Crippen LogP contribution in [0.25, 0.3) is 6.08 Å². The van der Waals surface area contributed by atoms with E-state index in [1.165, 1.54) is 36.4 Å². The molecule has 27 heavy (non-hydrogen) atoms. The van der Waals surface area contributed by atoms with Crippen molar-refractivity contribution in [2.75, 3.05) is 6.54 Å². The molecular weight excluding hydrogens is 347 g/mol. The standard InChI is InChI=1S/C21H19FN2O3/c1-2-3-11-24-20(25)17(14-23)12-15-7-9-19(10-8-15)27-21(26)16-5-4-6-18(22)13-16/h4-10,12-13H,2-3,11H2,1H3,(H,24,25)/b17-12+. The molecule has 6 heteroatoms. The molecule has 0 aliphatic carbocycles. The summed E-state index contributed by atoms with van der Waals surface area (Å²) >= 11 is 0. The van der Waals surface area contributed by atoms with E-state index in [1.54, 1.807) is 12.1 Å². The van der Waals surface area contributed by atoms with Gasteiger partial charge in [0, 0.05) is 6.54 Å². The van der Waals surface area contributed by atoms with Gasteiger partial charge in [0.25, 0.3) is 5.91 Å². The molecule has 0 saturated heterocycles. The number of carbonyl (C=O) groups excluding carboxylic acids is 2. The average molecular weight is 366 g/mol. The first-order valence-electron chi connectivity index (χ1n) is 8.51. The largest absolute Gasteiger partial charge is 0.423 e. The minimum absolute atomic E-state index is 0.00407. The predicted octanol–water partition coefficient (Wildman–Crippen LogP) is 3.87. The molecule has 1 N–H and O–H groups in total. The number of hydrogen-bond donors (Lipinski definition) is 1. The first kappa shape index (κ1) is 19.9. The van der Waals surface area contributed by atoms with Crippen LogP contribution in [-0.2, 0) is 4.79 Å². The zero-order chi connectivity index (χ0) is 19.6. The number of nitrogens with one attached hydrogen (secondary N) is 1. The Hall–Kier alpha value is -3.46. The van der Waals surface area contributed by atoms with Crippen LogP contribution in [-0.4, -0.2) is 18.4 Å². The van der Waals surface area contributed by atoms with Gasteiger partial charge >= 0.3 is 5.97 Å². The molecule has 2 rings (SSSR count). The maximum atomic E-state index is 13.2. The van der Waals surface area contributed by atoms with E-state index >= 15 is 0 Å². The summed E-state index contributed by atoms with van der Waals surface area (Å²) in [5.74, 6) is -1.35. The fraction of sp³-hybridized carbons (Fsp3) is 0.190. The lowest BCUT2D eigenvalue weighted by Gasteiger charge is -2.05. The van der Waals surface area contributed by atoms with E-state index in [4.69, 9.17) is 10.00 Å². The summed E-state index contributed by atoms with van der Waals surface area (Å²) in [4.78, 5) is 23.9. The molecule has 0 heterocycles. The van der Waals surface area contributed by atoms with Gasteiger partial charge in [-0.2, -0.15) is 5.26 Å². The lowest BCUT2D eigenvalue weighted by atomic mass is 10.1. The van der Waals surface area contributed by atoms with Crippen molar-refractivity contribution in [1.29, 1.82) is 5.26 Å². The quantitative estimate of drug-likeness (QED) is 0.265. The highest BCUT2D eigenvalue weighted by molar-refractivity contribution is 6.01. The summed E-state index contributed by atoms with van der Waals surface area (Å²) < 4.78 is 18.3. The van der Waals surface area contributed by atoms with Gasteiger partial charge in [-0.25, -0.2) is 9.18 Å². The lowest BCUT2D eigenvalue weighted by Crippen LogP contribution is -2.25.